The Kier molecular flexibility index (Phi) is 3.36. The predicted octanol–water partition coefficient (Wildman–Crippen LogP) is 0.719. The lowest BCUT2D eigenvalue weighted by Gasteiger charge is -2.08. The van der Waals surface area contributed by atoms with Gasteiger partial charge in [0, 0.05) is 12.7 Å². The largest absolute Gasteiger partial charge is 0.508 e. The molecule has 0 saturated heterocycles. The van der Waals surface area contributed by atoms with Gasteiger partial charge in [0.2, 0.25) is 0 Å². The zero-order chi connectivity index (χ0) is 11.6. The number of sulfone groups is 1. The van der Waals surface area contributed by atoms with Gasteiger partial charge in [0.05, 0.1) is 11.0 Å². The van der Waals surface area contributed by atoms with E-state index in [2.05, 4.69) is 0 Å². The van der Waals surface area contributed by atoms with Crippen molar-refractivity contribution in [3.63, 3.8) is 0 Å². The second-order valence-electron chi connectivity index (χ2n) is 3.62. The van der Waals surface area contributed by atoms with Crippen LogP contribution in [0, 0.1) is 0 Å². The van der Waals surface area contributed by atoms with Crippen molar-refractivity contribution in [2.75, 3.05) is 6.26 Å². The van der Waals surface area contributed by atoms with Crippen LogP contribution in [-0.2, 0) is 16.3 Å². The molecular formula is C10H14O4S. The molecule has 1 aromatic rings. The molecule has 0 aliphatic rings. The first-order chi connectivity index (χ1) is 6.80. The van der Waals surface area contributed by atoms with Crippen LogP contribution in [0.5, 0.6) is 5.75 Å². The molecule has 0 radical (unpaired) electrons. The maximum atomic E-state index is 11.2. The summed E-state index contributed by atoms with van der Waals surface area (Å²) in [7, 11) is -3.27. The number of aliphatic hydroxyl groups is 1. The standard InChI is InChI=1S/C10H14O4S/c1-7(11)5-8-6-9(15(2,13)14)3-4-10(8)12/h3-4,6-7,11-12H,5H2,1-2H3. The highest BCUT2D eigenvalue weighted by molar-refractivity contribution is 7.90. The summed E-state index contributed by atoms with van der Waals surface area (Å²) in [6.07, 6.45) is 0.714. The molecule has 5 heteroatoms. The first-order valence-electron chi connectivity index (χ1n) is 4.50. The number of aliphatic hydroxyl groups excluding tert-OH is 1. The molecule has 1 aromatic carbocycles. The number of phenols is 1. The fourth-order valence-electron chi connectivity index (χ4n) is 1.27. The van der Waals surface area contributed by atoms with Crippen LogP contribution in [0.2, 0.25) is 0 Å². The summed E-state index contributed by atoms with van der Waals surface area (Å²) in [5.74, 6) is 0.00306. The zero-order valence-corrected chi connectivity index (χ0v) is 9.45. The molecule has 1 rings (SSSR count). The van der Waals surface area contributed by atoms with E-state index in [4.69, 9.17) is 5.11 Å². The zero-order valence-electron chi connectivity index (χ0n) is 8.64. The smallest absolute Gasteiger partial charge is 0.175 e. The van der Waals surface area contributed by atoms with E-state index in [1.807, 2.05) is 0 Å². The Morgan fingerprint density at radius 2 is 2.00 bits per heavy atom. The summed E-state index contributed by atoms with van der Waals surface area (Å²) in [5, 5.41) is 18.6. The highest BCUT2D eigenvalue weighted by atomic mass is 32.2. The molecule has 1 unspecified atom stereocenters. The summed E-state index contributed by atoms with van der Waals surface area (Å²) in [6.45, 7) is 1.58. The molecule has 0 fully saturated rings. The first kappa shape index (κ1) is 12.0. The van der Waals surface area contributed by atoms with Crippen molar-refractivity contribution in [1.82, 2.24) is 0 Å². The molecule has 1 atom stereocenters. The third-order valence-electron chi connectivity index (χ3n) is 1.99. The van der Waals surface area contributed by atoms with Gasteiger partial charge >= 0.3 is 0 Å². The van der Waals surface area contributed by atoms with Crippen molar-refractivity contribution in [2.45, 2.75) is 24.3 Å². The van der Waals surface area contributed by atoms with Crippen LogP contribution in [0.1, 0.15) is 12.5 Å². The fourth-order valence-corrected chi connectivity index (χ4v) is 1.95. The van der Waals surface area contributed by atoms with E-state index in [0.717, 1.165) is 6.26 Å². The van der Waals surface area contributed by atoms with Gasteiger partial charge in [-0.1, -0.05) is 0 Å². The summed E-state index contributed by atoms with van der Waals surface area (Å²) in [6, 6.07) is 4.06. The van der Waals surface area contributed by atoms with E-state index in [-0.39, 0.29) is 17.1 Å². The van der Waals surface area contributed by atoms with Crippen molar-refractivity contribution < 1.29 is 18.6 Å². The van der Waals surface area contributed by atoms with Gasteiger partial charge in [0.15, 0.2) is 9.84 Å². The van der Waals surface area contributed by atoms with Gasteiger partial charge in [-0.05, 0) is 30.7 Å². The minimum atomic E-state index is -3.27. The number of hydrogen-bond acceptors (Lipinski definition) is 4. The van der Waals surface area contributed by atoms with Gasteiger partial charge < -0.3 is 10.2 Å². The van der Waals surface area contributed by atoms with E-state index in [1.54, 1.807) is 6.92 Å². The number of hydrogen-bond donors (Lipinski definition) is 2. The second-order valence-corrected chi connectivity index (χ2v) is 5.63. The van der Waals surface area contributed by atoms with Crippen LogP contribution in [-0.4, -0.2) is 31.0 Å². The van der Waals surface area contributed by atoms with Crippen molar-refractivity contribution in [1.29, 1.82) is 0 Å². The van der Waals surface area contributed by atoms with E-state index < -0.39 is 15.9 Å². The Balaban J connectivity index is 3.17. The minimum absolute atomic E-state index is 0.00306. The van der Waals surface area contributed by atoms with E-state index in [9.17, 15) is 13.5 Å². The minimum Gasteiger partial charge on any atom is -0.508 e. The average Bonchev–Trinajstić information content (AvgIpc) is 2.06. The molecule has 2 N–H and O–H groups in total. The Morgan fingerprint density at radius 1 is 1.40 bits per heavy atom. The summed E-state index contributed by atoms with van der Waals surface area (Å²) < 4.78 is 22.5. The summed E-state index contributed by atoms with van der Waals surface area (Å²) >= 11 is 0. The highest BCUT2D eigenvalue weighted by Gasteiger charge is 2.11. The molecule has 0 aromatic heterocycles. The van der Waals surface area contributed by atoms with Crippen LogP contribution in [0.4, 0.5) is 0 Å². The fraction of sp³-hybridized carbons (Fsp3) is 0.400. The van der Waals surface area contributed by atoms with Gasteiger partial charge in [-0.25, -0.2) is 8.42 Å². The predicted molar refractivity (Wildman–Crippen MR) is 56.6 cm³/mol. The Morgan fingerprint density at radius 3 is 2.47 bits per heavy atom. The van der Waals surface area contributed by atoms with Gasteiger partial charge in [-0.2, -0.15) is 0 Å². The van der Waals surface area contributed by atoms with Crippen molar-refractivity contribution >= 4 is 9.84 Å². The maximum absolute atomic E-state index is 11.2. The number of phenolic OH excluding ortho intramolecular Hbond substituents is 1. The third kappa shape index (κ3) is 3.21. The lowest BCUT2D eigenvalue weighted by Crippen LogP contribution is -2.06. The van der Waals surface area contributed by atoms with Crippen LogP contribution in [0.25, 0.3) is 0 Å². The Bertz CT molecular complexity index is 448. The van der Waals surface area contributed by atoms with Gasteiger partial charge in [0.25, 0.3) is 0 Å². The average molecular weight is 230 g/mol. The van der Waals surface area contributed by atoms with Gasteiger partial charge in [0.1, 0.15) is 5.75 Å². The molecule has 4 nitrogen and oxygen atoms in total. The Labute approximate surface area is 89.1 Å². The molecule has 0 spiro atoms. The van der Waals surface area contributed by atoms with Crippen LogP contribution < -0.4 is 0 Å². The lowest BCUT2D eigenvalue weighted by atomic mass is 10.1. The van der Waals surface area contributed by atoms with Crippen LogP contribution >= 0.6 is 0 Å². The molecule has 15 heavy (non-hydrogen) atoms. The molecule has 84 valence electrons. The SMILES string of the molecule is CC(O)Cc1cc(S(C)(=O)=O)ccc1O. The van der Waals surface area contributed by atoms with Crippen LogP contribution in [0.3, 0.4) is 0 Å². The van der Waals surface area contributed by atoms with Gasteiger partial charge in [-0.15, -0.1) is 0 Å². The summed E-state index contributed by atoms with van der Waals surface area (Å²) in [4.78, 5) is 0.149. The normalized spacial score (nSPS) is 13.8. The van der Waals surface area contributed by atoms with Crippen LogP contribution in [0.15, 0.2) is 23.1 Å². The van der Waals surface area contributed by atoms with E-state index in [1.165, 1.54) is 18.2 Å². The quantitative estimate of drug-likeness (QED) is 0.802. The number of aromatic hydroxyl groups is 1. The monoisotopic (exact) mass is 230 g/mol. The van der Waals surface area contributed by atoms with Crippen molar-refractivity contribution in [3.05, 3.63) is 23.8 Å². The number of benzene rings is 1. The molecule has 0 saturated carbocycles. The molecule has 0 amide bonds. The second kappa shape index (κ2) is 4.20. The molecule has 0 aliphatic carbocycles. The Hall–Kier alpha value is -1.07. The molecule has 0 heterocycles. The molecular weight excluding hydrogens is 216 g/mol. The number of rotatable bonds is 3. The topological polar surface area (TPSA) is 74.6 Å². The van der Waals surface area contributed by atoms with E-state index in [0.29, 0.717) is 5.56 Å². The lowest BCUT2D eigenvalue weighted by molar-refractivity contribution is 0.194. The van der Waals surface area contributed by atoms with Gasteiger partial charge in [-0.3, -0.25) is 0 Å². The molecule has 0 bridgehead atoms. The highest BCUT2D eigenvalue weighted by Crippen LogP contribution is 2.22. The van der Waals surface area contributed by atoms with Crippen molar-refractivity contribution in [2.24, 2.45) is 0 Å². The van der Waals surface area contributed by atoms with E-state index >= 15 is 0 Å². The first-order valence-corrected chi connectivity index (χ1v) is 6.40. The molecule has 0 aliphatic heterocycles. The maximum Gasteiger partial charge on any atom is 0.175 e. The van der Waals surface area contributed by atoms with Crippen molar-refractivity contribution in [3.8, 4) is 5.75 Å². The third-order valence-corrected chi connectivity index (χ3v) is 3.10. The summed E-state index contributed by atoms with van der Waals surface area (Å²) in [5.41, 5.74) is 0.438.